The van der Waals surface area contributed by atoms with Crippen LogP contribution in [0, 0.1) is 5.92 Å². The summed E-state index contributed by atoms with van der Waals surface area (Å²) in [5.41, 5.74) is 0.530. The second-order valence-electron chi connectivity index (χ2n) is 7.43. The van der Waals surface area contributed by atoms with Gasteiger partial charge in [0.1, 0.15) is 5.75 Å². The van der Waals surface area contributed by atoms with Crippen molar-refractivity contribution in [3.8, 4) is 5.75 Å². The van der Waals surface area contributed by atoms with Gasteiger partial charge in [-0.25, -0.2) is 0 Å². The van der Waals surface area contributed by atoms with Gasteiger partial charge in [0, 0.05) is 18.5 Å². The Morgan fingerprint density at radius 2 is 2.08 bits per heavy atom. The van der Waals surface area contributed by atoms with Gasteiger partial charge in [0.2, 0.25) is 5.91 Å². The summed E-state index contributed by atoms with van der Waals surface area (Å²) in [6, 6.07) is 6.86. The van der Waals surface area contributed by atoms with Crippen molar-refractivity contribution in [1.82, 2.24) is 9.80 Å². The number of hydrogen-bond donors (Lipinski definition) is 1. The summed E-state index contributed by atoms with van der Waals surface area (Å²) in [6.07, 6.45) is 0.621. The molecule has 1 aliphatic rings. The molecule has 0 bridgehead atoms. The molecule has 2 rings (SSSR count). The highest BCUT2D eigenvalue weighted by Gasteiger charge is 2.43. The van der Waals surface area contributed by atoms with Gasteiger partial charge in [-0.15, -0.1) is 0 Å². The van der Waals surface area contributed by atoms with Crippen LogP contribution in [0.4, 0.5) is 0 Å². The first-order valence-electron chi connectivity index (χ1n) is 8.51. The van der Waals surface area contributed by atoms with Crippen molar-refractivity contribution in [2.75, 3.05) is 27.7 Å². The summed E-state index contributed by atoms with van der Waals surface area (Å²) in [4.78, 5) is 28.3. The fraction of sp³-hybridized carbons (Fsp3) is 0.579. The van der Waals surface area contributed by atoms with Crippen LogP contribution in [0.25, 0.3) is 0 Å². The molecular formula is C19H28N2O4. The van der Waals surface area contributed by atoms with E-state index in [4.69, 9.17) is 4.74 Å². The number of aliphatic carboxylic acids is 1. The first kappa shape index (κ1) is 19.2. The number of carboxylic acid groups (broad SMARTS) is 1. The van der Waals surface area contributed by atoms with Crippen LogP contribution in [-0.2, 0) is 9.59 Å². The number of methoxy groups -OCH3 is 1. The van der Waals surface area contributed by atoms with Gasteiger partial charge in [0.05, 0.1) is 19.1 Å². The number of nitrogens with zero attached hydrogens (tertiary/aromatic N) is 2. The molecule has 0 saturated carbocycles. The quantitative estimate of drug-likeness (QED) is 0.855. The highest BCUT2D eigenvalue weighted by Crippen LogP contribution is 2.39. The second-order valence-corrected chi connectivity index (χ2v) is 7.43. The van der Waals surface area contributed by atoms with E-state index in [0.717, 1.165) is 5.56 Å². The van der Waals surface area contributed by atoms with Crippen molar-refractivity contribution in [3.63, 3.8) is 0 Å². The van der Waals surface area contributed by atoms with Crippen molar-refractivity contribution >= 4 is 11.9 Å². The first-order chi connectivity index (χ1) is 11.7. The van der Waals surface area contributed by atoms with E-state index < -0.39 is 17.9 Å². The molecule has 1 saturated heterocycles. The van der Waals surface area contributed by atoms with Crippen LogP contribution in [0.2, 0.25) is 0 Å². The number of carbonyl (C=O) groups is 2. The van der Waals surface area contributed by atoms with Crippen LogP contribution >= 0.6 is 0 Å². The Bertz CT molecular complexity index is 642. The third-order valence-electron chi connectivity index (χ3n) is 5.23. The first-order valence-corrected chi connectivity index (χ1v) is 8.51. The maximum absolute atomic E-state index is 12.7. The number of benzene rings is 1. The van der Waals surface area contributed by atoms with E-state index in [1.807, 2.05) is 57.1 Å². The molecule has 0 aliphatic carbocycles. The van der Waals surface area contributed by atoms with Crippen molar-refractivity contribution in [2.24, 2.45) is 5.92 Å². The number of carboxylic acids is 1. The van der Waals surface area contributed by atoms with Crippen LogP contribution in [0.1, 0.15) is 38.3 Å². The molecule has 6 nitrogen and oxygen atoms in total. The number of hydrogen-bond acceptors (Lipinski definition) is 4. The number of carbonyl (C=O) groups excluding carboxylic acids is 1. The van der Waals surface area contributed by atoms with Crippen molar-refractivity contribution in [1.29, 1.82) is 0 Å². The lowest BCUT2D eigenvalue weighted by molar-refractivity contribution is -0.153. The smallest absolute Gasteiger partial charge is 0.308 e. The molecule has 1 heterocycles. The van der Waals surface area contributed by atoms with Crippen LogP contribution < -0.4 is 4.74 Å². The Kier molecular flexibility index (Phi) is 5.72. The zero-order chi connectivity index (χ0) is 18.8. The molecule has 25 heavy (non-hydrogen) atoms. The molecule has 1 amide bonds. The summed E-state index contributed by atoms with van der Waals surface area (Å²) in [5, 5.41) is 9.73. The normalized spacial score (nSPS) is 21.5. The van der Waals surface area contributed by atoms with Crippen molar-refractivity contribution < 1.29 is 19.4 Å². The van der Waals surface area contributed by atoms with Crippen LogP contribution in [0.5, 0.6) is 5.75 Å². The Hall–Kier alpha value is -2.08. The van der Waals surface area contributed by atoms with Gasteiger partial charge in [0.15, 0.2) is 0 Å². The largest absolute Gasteiger partial charge is 0.497 e. The van der Waals surface area contributed by atoms with Crippen LogP contribution in [0.15, 0.2) is 24.3 Å². The van der Waals surface area contributed by atoms with Gasteiger partial charge in [0.25, 0.3) is 0 Å². The fourth-order valence-corrected chi connectivity index (χ4v) is 3.19. The average Bonchev–Trinajstić information content (AvgIpc) is 2.56. The van der Waals surface area contributed by atoms with Crippen LogP contribution in [0.3, 0.4) is 0 Å². The molecule has 0 spiro atoms. The number of ether oxygens (including phenoxy) is 1. The topological polar surface area (TPSA) is 70.1 Å². The number of amides is 1. The lowest BCUT2D eigenvalue weighted by Gasteiger charge is -2.45. The molecule has 1 N–H and O–H groups in total. The summed E-state index contributed by atoms with van der Waals surface area (Å²) in [7, 11) is 5.50. The summed E-state index contributed by atoms with van der Waals surface area (Å²) in [5.74, 6) is -0.831. The third kappa shape index (κ3) is 4.12. The second kappa shape index (κ2) is 7.44. The van der Waals surface area contributed by atoms with E-state index in [2.05, 4.69) is 0 Å². The van der Waals surface area contributed by atoms with Gasteiger partial charge >= 0.3 is 5.97 Å². The highest BCUT2D eigenvalue weighted by atomic mass is 16.5. The SMILES string of the molecule is COc1cccc([C@H]2[C@@H](C(=O)O)CCC(=O)N2CC(C)(C)N(C)C)c1. The van der Waals surface area contributed by atoms with E-state index in [0.29, 0.717) is 18.7 Å². The average molecular weight is 348 g/mol. The van der Waals surface area contributed by atoms with Gasteiger partial charge in [-0.3, -0.25) is 9.59 Å². The zero-order valence-corrected chi connectivity index (χ0v) is 15.7. The Balaban J connectivity index is 2.47. The minimum Gasteiger partial charge on any atom is -0.497 e. The minimum absolute atomic E-state index is 0.000227. The van der Waals surface area contributed by atoms with Gasteiger partial charge in [-0.05, 0) is 52.1 Å². The molecule has 0 radical (unpaired) electrons. The summed E-state index contributed by atoms with van der Waals surface area (Å²) < 4.78 is 5.28. The predicted octanol–water partition coefficient (Wildman–Crippen LogP) is 2.40. The number of likely N-dealkylation sites (tertiary alicyclic amines) is 1. The molecule has 2 atom stereocenters. The maximum Gasteiger partial charge on any atom is 0.308 e. The number of likely N-dealkylation sites (N-methyl/N-ethyl adjacent to an activating group) is 1. The summed E-state index contributed by atoms with van der Waals surface area (Å²) in [6.45, 7) is 4.56. The molecule has 6 heteroatoms. The van der Waals surface area contributed by atoms with Gasteiger partial charge in [-0.1, -0.05) is 12.1 Å². The molecule has 0 unspecified atom stereocenters. The molecule has 1 fully saturated rings. The number of rotatable bonds is 6. The van der Waals surface area contributed by atoms with Crippen molar-refractivity contribution in [3.05, 3.63) is 29.8 Å². The highest BCUT2D eigenvalue weighted by molar-refractivity contribution is 5.82. The maximum atomic E-state index is 12.7. The zero-order valence-electron chi connectivity index (χ0n) is 15.7. The standard InChI is InChI=1S/C19H28N2O4/c1-19(2,20(3)4)12-21-16(22)10-9-15(18(23)24)17(21)13-7-6-8-14(11-13)25-5/h6-8,11,15,17H,9-10,12H2,1-5H3,(H,23,24)/t15-,17-/m0/s1. The van der Waals surface area contributed by atoms with Crippen molar-refractivity contribution in [2.45, 2.75) is 38.3 Å². The summed E-state index contributed by atoms with van der Waals surface area (Å²) >= 11 is 0. The molecule has 1 aromatic rings. The molecule has 0 aromatic heterocycles. The lowest BCUT2D eigenvalue weighted by Crippen LogP contribution is -2.54. The Morgan fingerprint density at radius 3 is 2.64 bits per heavy atom. The lowest BCUT2D eigenvalue weighted by atomic mass is 9.83. The van der Waals surface area contributed by atoms with Gasteiger partial charge in [-0.2, -0.15) is 0 Å². The third-order valence-corrected chi connectivity index (χ3v) is 5.23. The Morgan fingerprint density at radius 1 is 1.40 bits per heavy atom. The van der Waals surface area contributed by atoms with E-state index in [-0.39, 0.29) is 17.9 Å². The van der Waals surface area contributed by atoms with E-state index in [1.54, 1.807) is 12.0 Å². The minimum atomic E-state index is -0.868. The van der Waals surface area contributed by atoms with E-state index in [1.165, 1.54) is 0 Å². The molecular weight excluding hydrogens is 320 g/mol. The number of piperidine rings is 1. The van der Waals surface area contributed by atoms with Crippen LogP contribution in [-0.4, -0.2) is 60.1 Å². The predicted molar refractivity (Wildman–Crippen MR) is 95.6 cm³/mol. The molecule has 138 valence electrons. The monoisotopic (exact) mass is 348 g/mol. The fourth-order valence-electron chi connectivity index (χ4n) is 3.19. The molecule has 1 aliphatic heterocycles. The molecule has 1 aromatic carbocycles. The van der Waals surface area contributed by atoms with E-state index in [9.17, 15) is 14.7 Å². The Labute approximate surface area is 149 Å². The van der Waals surface area contributed by atoms with E-state index >= 15 is 0 Å². The van der Waals surface area contributed by atoms with Gasteiger partial charge < -0.3 is 19.6 Å².